The van der Waals surface area contributed by atoms with Crippen molar-refractivity contribution < 1.29 is 30.6 Å². The molecule has 13 rings (SSSR count). The van der Waals surface area contributed by atoms with E-state index in [9.17, 15) is 5.11 Å². The molecule has 6 heterocycles. The standard InChI is InChI=1S/C57H43N5O2.Pt/c1-57(2)29-27-34(28-30-57)36-25-26-45(42(32-36)35-14-4-3-5-15-35)61-46-22-13-18-37(52(46)60-55(61)38-16-6-8-23-48(38)63)44-33-47-51(53(59-44)43-21-10-11-31-58-43)41-20-12-19-40-50-39-17-7-9-24-49(39)64-56(50)62(47)54(40)41;/h3-26,31-34,63H,27-30H2,1-2H3;. The predicted molar refractivity (Wildman–Crippen MR) is 259 cm³/mol. The third-order valence-electron chi connectivity index (χ3n) is 14.0. The Balaban J connectivity index is 0.00000444. The molecule has 7 nitrogen and oxygen atoms in total. The van der Waals surface area contributed by atoms with Crippen LogP contribution in [0.4, 0.5) is 0 Å². The monoisotopic (exact) mass is 1020 g/mol. The Labute approximate surface area is 389 Å². The van der Waals surface area contributed by atoms with Crippen LogP contribution in [0.5, 0.6) is 5.75 Å². The topological polar surface area (TPSA) is 81.4 Å². The molecule has 6 aromatic heterocycles. The molecule has 1 aliphatic carbocycles. The second kappa shape index (κ2) is 15.0. The molecule has 0 unspecified atom stereocenters. The molecule has 6 aromatic carbocycles. The van der Waals surface area contributed by atoms with E-state index in [2.05, 4.69) is 126 Å². The van der Waals surface area contributed by atoms with Crippen LogP contribution in [0.2, 0.25) is 0 Å². The van der Waals surface area contributed by atoms with Crippen LogP contribution in [-0.4, -0.2) is 29.0 Å². The molecular formula is C57H43N5O2Pt. The molecule has 0 spiro atoms. The van der Waals surface area contributed by atoms with E-state index in [0.29, 0.717) is 22.7 Å². The molecule has 12 aromatic rings. The predicted octanol–water partition coefficient (Wildman–Crippen LogP) is 14.8. The summed E-state index contributed by atoms with van der Waals surface area (Å²) in [6, 6.07) is 54.5. The van der Waals surface area contributed by atoms with Gasteiger partial charge in [-0.25, -0.2) is 9.97 Å². The van der Waals surface area contributed by atoms with Crippen LogP contribution in [0.3, 0.4) is 0 Å². The molecule has 0 radical (unpaired) electrons. The van der Waals surface area contributed by atoms with Gasteiger partial charge in [0.15, 0.2) is 0 Å². The van der Waals surface area contributed by atoms with Crippen molar-refractivity contribution >= 4 is 60.3 Å². The first-order valence-corrected chi connectivity index (χ1v) is 22.3. The van der Waals surface area contributed by atoms with Gasteiger partial charge < -0.3 is 9.52 Å². The molecule has 0 saturated heterocycles. The number of para-hydroxylation sites is 4. The fraction of sp³-hybridized carbons (Fsp3) is 0.140. The molecule has 65 heavy (non-hydrogen) atoms. The van der Waals surface area contributed by atoms with Crippen LogP contribution >= 0.6 is 0 Å². The number of hydrogen-bond donors (Lipinski definition) is 1. The molecular weight excluding hydrogens is 982 g/mol. The van der Waals surface area contributed by atoms with Crippen molar-refractivity contribution in [2.24, 2.45) is 5.41 Å². The minimum atomic E-state index is 0. The van der Waals surface area contributed by atoms with Gasteiger partial charge in [0.2, 0.25) is 5.71 Å². The van der Waals surface area contributed by atoms with E-state index >= 15 is 0 Å². The van der Waals surface area contributed by atoms with E-state index < -0.39 is 0 Å². The van der Waals surface area contributed by atoms with Crippen molar-refractivity contribution in [2.75, 3.05) is 0 Å². The fourth-order valence-corrected chi connectivity index (χ4v) is 10.7. The van der Waals surface area contributed by atoms with Crippen LogP contribution in [0.25, 0.3) is 111 Å². The smallest absolute Gasteiger partial charge is 0.213 e. The fourth-order valence-electron chi connectivity index (χ4n) is 10.7. The number of benzene rings is 6. The first-order chi connectivity index (χ1) is 31.4. The van der Waals surface area contributed by atoms with Gasteiger partial charge in [-0.2, -0.15) is 0 Å². The summed E-state index contributed by atoms with van der Waals surface area (Å²) in [6.07, 6.45) is 6.62. The number of aromatic nitrogens is 5. The third-order valence-corrected chi connectivity index (χ3v) is 14.0. The van der Waals surface area contributed by atoms with E-state index in [1.165, 1.54) is 31.2 Å². The number of aromatic hydroxyl groups is 1. The van der Waals surface area contributed by atoms with Gasteiger partial charge >= 0.3 is 0 Å². The minimum Gasteiger partial charge on any atom is -0.507 e. The Kier molecular flexibility index (Phi) is 9.12. The van der Waals surface area contributed by atoms with Crippen LogP contribution < -0.4 is 0 Å². The molecule has 1 saturated carbocycles. The summed E-state index contributed by atoms with van der Waals surface area (Å²) >= 11 is 0. The molecule has 0 bridgehead atoms. The Morgan fingerprint density at radius 2 is 1.35 bits per heavy atom. The van der Waals surface area contributed by atoms with E-state index in [1.54, 1.807) is 6.07 Å². The maximum absolute atomic E-state index is 11.6. The Morgan fingerprint density at radius 1 is 0.631 bits per heavy atom. The van der Waals surface area contributed by atoms with E-state index in [1.807, 2.05) is 54.7 Å². The molecule has 0 amide bonds. The summed E-state index contributed by atoms with van der Waals surface area (Å²) in [6.45, 7) is 4.80. The average Bonchev–Trinajstić information content (AvgIpc) is 4.09. The summed E-state index contributed by atoms with van der Waals surface area (Å²) in [5.74, 6) is 1.32. The van der Waals surface area contributed by atoms with Gasteiger partial charge in [-0.1, -0.05) is 117 Å². The molecule has 1 aliphatic rings. The van der Waals surface area contributed by atoms with Crippen LogP contribution in [0.15, 0.2) is 168 Å². The number of furan rings is 1. The molecule has 0 atom stereocenters. The summed E-state index contributed by atoms with van der Waals surface area (Å²) in [5.41, 5.74) is 14.3. The third kappa shape index (κ3) is 6.09. The zero-order valence-electron chi connectivity index (χ0n) is 35.9. The maximum Gasteiger partial charge on any atom is 0.213 e. The summed E-state index contributed by atoms with van der Waals surface area (Å²) < 4.78 is 11.2. The van der Waals surface area contributed by atoms with Crippen LogP contribution in [-0.2, 0) is 21.1 Å². The van der Waals surface area contributed by atoms with Gasteiger partial charge in [0.05, 0.1) is 55.8 Å². The van der Waals surface area contributed by atoms with Gasteiger partial charge in [-0.05, 0) is 103 Å². The van der Waals surface area contributed by atoms with Gasteiger partial charge in [0, 0.05) is 59.9 Å². The van der Waals surface area contributed by atoms with Crippen molar-refractivity contribution in [1.82, 2.24) is 23.9 Å². The molecule has 1 fully saturated rings. The first-order valence-electron chi connectivity index (χ1n) is 22.3. The van der Waals surface area contributed by atoms with Crippen LogP contribution in [0.1, 0.15) is 51.0 Å². The largest absolute Gasteiger partial charge is 0.507 e. The number of pyridine rings is 2. The van der Waals surface area contributed by atoms with E-state index in [-0.39, 0.29) is 26.8 Å². The van der Waals surface area contributed by atoms with Gasteiger partial charge in [-0.3, -0.25) is 14.0 Å². The van der Waals surface area contributed by atoms with Gasteiger partial charge in [0.1, 0.15) is 17.2 Å². The molecule has 1 N–H and O–H groups in total. The zero-order chi connectivity index (χ0) is 42.7. The quantitative estimate of drug-likeness (QED) is 0.179. The molecule has 8 heteroatoms. The zero-order valence-corrected chi connectivity index (χ0v) is 38.2. The molecule has 0 aliphatic heterocycles. The van der Waals surface area contributed by atoms with Crippen molar-refractivity contribution in [2.45, 2.75) is 45.4 Å². The number of phenols is 1. The number of fused-ring (bicyclic) bond motifs is 9. The second-order valence-corrected chi connectivity index (χ2v) is 18.3. The van der Waals surface area contributed by atoms with Gasteiger partial charge in [-0.15, -0.1) is 0 Å². The number of imidazole rings is 1. The minimum absolute atomic E-state index is 0. The van der Waals surface area contributed by atoms with Crippen molar-refractivity contribution in [3.8, 4) is 56.6 Å². The number of hydrogen-bond acceptors (Lipinski definition) is 5. The Bertz CT molecular complexity index is 3780. The Morgan fingerprint density at radius 3 is 2.17 bits per heavy atom. The van der Waals surface area contributed by atoms with Crippen molar-refractivity contribution in [3.63, 3.8) is 0 Å². The summed E-state index contributed by atoms with van der Waals surface area (Å²) in [4.78, 5) is 16.0. The normalized spacial score (nSPS) is 14.4. The van der Waals surface area contributed by atoms with Crippen LogP contribution in [0, 0.1) is 5.41 Å². The SMILES string of the molecule is CC1(C)CCC(c2ccc(-n3c(-c4ccccc4O)nc4c(-c5cc6c(c(-c7ccccn7)n5)c5cccc7c8c9ccccc9oc8n6c57)cccc43)c(-c3ccccc3)c2)CC1.[Pt]. The first kappa shape index (κ1) is 39.5. The number of phenolic OH excluding ortho intramolecular Hbond substituents is 1. The van der Waals surface area contributed by atoms with Gasteiger partial charge in [0.25, 0.3) is 0 Å². The van der Waals surface area contributed by atoms with E-state index in [4.69, 9.17) is 19.4 Å². The number of nitrogens with zero attached hydrogens (tertiary/aromatic N) is 5. The summed E-state index contributed by atoms with van der Waals surface area (Å²) in [5, 5.41) is 17.0. The Hall–Kier alpha value is -7.08. The molecule has 318 valence electrons. The summed E-state index contributed by atoms with van der Waals surface area (Å²) in [7, 11) is 0. The average molecular weight is 1030 g/mol. The maximum atomic E-state index is 11.6. The van der Waals surface area contributed by atoms with E-state index in [0.717, 1.165) is 99.8 Å². The number of rotatable bonds is 6. The van der Waals surface area contributed by atoms with Crippen molar-refractivity contribution in [3.05, 3.63) is 169 Å². The van der Waals surface area contributed by atoms with Crippen molar-refractivity contribution in [1.29, 1.82) is 0 Å². The second-order valence-electron chi connectivity index (χ2n) is 18.3.